The number of hydrogen-bond acceptors (Lipinski definition) is 9. The van der Waals surface area contributed by atoms with Gasteiger partial charge in [-0.3, -0.25) is 14.4 Å². The molecular formula is C14H19NO10. The first kappa shape index (κ1) is 17.8. The highest BCUT2D eigenvalue weighted by atomic mass is 17.0. The summed E-state index contributed by atoms with van der Waals surface area (Å²) < 4.78 is 15.7. The molecule has 0 aromatic carbocycles. The van der Waals surface area contributed by atoms with E-state index in [2.05, 4.69) is 4.84 Å². The lowest BCUT2D eigenvalue weighted by molar-refractivity contribution is -0.796. The van der Waals surface area contributed by atoms with Crippen LogP contribution in [0.25, 0.3) is 0 Å². The summed E-state index contributed by atoms with van der Waals surface area (Å²) >= 11 is 0. The van der Waals surface area contributed by atoms with Crippen LogP contribution in [0.15, 0.2) is 0 Å². The molecule has 0 bridgehead atoms. The molecule has 1 aliphatic carbocycles. The summed E-state index contributed by atoms with van der Waals surface area (Å²) in [7, 11) is 0. The average molecular weight is 361 g/mol. The molecule has 2 heterocycles. The van der Waals surface area contributed by atoms with Gasteiger partial charge in [-0.2, -0.15) is 0 Å². The minimum atomic E-state index is -2.23. The molecule has 3 aliphatic rings. The Morgan fingerprint density at radius 2 is 1.88 bits per heavy atom. The smallest absolute Gasteiger partial charge is 0.325 e. The average Bonchev–Trinajstić information content (AvgIpc) is 3.09. The van der Waals surface area contributed by atoms with E-state index in [1.54, 1.807) is 0 Å². The first-order valence-electron chi connectivity index (χ1n) is 8.02. The summed E-state index contributed by atoms with van der Waals surface area (Å²) in [4.78, 5) is 39.9. The number of carbonyl (C=O) groups excluding carboxylic acids is 1. The van der Waals surface area contributed by atoms with E-state index in [0.29, 0.717) is 12.8 Å². The number of ether oxygens (including phenoxy) is 3. The normalized spacial score (nSPS) is 36.4. The molecule has 140 valence electrons. The first-order chi connectivity index (χ1) is 11.8. The highest BCUT2D eigenvalue weighted by Crippen LogP contribution is 2.43. The van der Waals surface area contributed by atoms with Crippen molar-refractivity contribution in [3.8, 4) is 0 Å². The minimum Gasteiger partial charge on any atom is -0.480 e. The minimum absolute atomic E-state index is 0.0775. The summed E-state index contributed by atoms with van der Waals surface area (Å²) in [5.74, 6) is -4.69. The Hall–Kier alpha value is -1.98. The van der Waals surface area contributed by atoms with Gasteiger partial charge >= 0.3 is 17.7 Å². The van der Waals surface area contributed by atoms with Gasteiger partial charge in [-0.25, -0.2) is 0 Å². The molecule has 3 fully saturated rings. The molecule has 11 nitrogen and oxygen atoms in total. The van der Waals surface area contributed by atoms with Gasteiger partial charge in [-0.15, -0.1) is 10.1 Å². The summed E-state index contributed by atoms with van der Waals surface area (Å²) in [5.41, 5.74) is -1.78. The zero-order valence-corrected chi connectivity index (χ0v) is 13.3. The fourth-order valence-electron chi connectivity index (χ4n) is 3.69. The number of aliphatic carboxylic acids is 1. The third-order valence-corrected chi connectivity index (χ3v) is 5.04. The van der Waals surface area contributed by atoms with Gasteiger partial charge in [0.05, 0.1) is 6.61 Å². The topological polar surface area (TPSA) is 155 Å². The number of carboxylic acids is 1. The molecule has 25 heavy (non-hydrogen) atoms. The van der Waals surface area contributed by atoms with Gasteiger partial charge in [0.2, 0.25) is 0 Å². The molecule has 1 saturated carbocycles. The van der Waals surface area contributed by atoms with Gasteiger partial charge in [0.15, 0.2) is 11.5 Å². The fourth-order valence-corrected chi connectivity index (χ4v) is 3.69. The fraction of sp³-hybridized carbons (Fsp3) is 0.857. The van der Waals surface area contributed by atoms with Gasteiger partial charge in [-0.05, 0) is 12.8 Å². The lowest BCUT2D eigenvalue weighted by Crippen LogP contribution is -2.54. The molecule has 0 aromatic rings. The van der Waals surface area contributed by atoms with Crippen molar-refractivity contribution in [1.82, 2.24) is 0 Å². The van der Waals surface area contributed by atoms with Gasteiger partial charge in [-0.1, -0.05) is 19.3 Å². The van der Waals surface area contributed by atoms with Crippen molar-refractivity contribution in [2.45, 2.75) is 56.2 Å². The maximum absolute atomic E-state index is 12.7. The number of fused-ring (bicyclic) bond motifs is 1. The van der Waals surface area contributed by atoms with Gasteiger partial charge in [0, 0.05) is 0 Å². The van der Waals surface area contributed by atoms with Crippen molar-refractivity contribution < 1.29 is 43.9 Å². The molecular weight excluding hydrogens is 342 g/mol. The summed E-state index contributed by atoms with van der Waals surface area (Å²) in [5, 5.41) is 29.1. The van der Waals surface area contributed by atoms with E-state index in [4.69, 9.17) is 14.2 Å². The molecule has 2 saturated heterocycles. The zero-order valence-electron chi connectivity index (χ0n) is 13.3. The van der Waals surface area contributed by atoms with Crippen molar-refractivity contribution in [3.63, 3.8) is 0 Å². The van der Waals surface area contributed by atoms with Crippen LogP contribution in [0.4, 0.5) is 0 Å². The number of carbonyl (C=O) groups is 2. The molecule has 0 spiro atoms. The largest absolute Gasteiger partial charge is 0.480 e. The Bertz CT molecular complexity index is 574. The third kappa shape index (κ3) is 2.92. The maximum Gasteiger partial charge on any atom is 0.325 e. The number of hydrogen-bond donors (Lipinski definition) is 2. The van der Waals surface area contributed by atoms with Crippen LogP contribution in [-0.2, 0) is 28.6 Å². The Balaban J connectivity index is 1.87. The molecule has 0 aromatic heterocycles. The quantitative estimate of drug-likeness (QED) is 0.218. The number of carboxylic acid groups (broad SMARTS) is 1. The standard InChI is InChI=1S/C14H19NO10/c16-8-6-22-10-9(8)23-7-14(10,25-15(20)21)24-12(19)13(11(17)18)4-2-1-3-5-13/h8-10,16H,1-7H2,(H,17,18)/t8-,9-,10+,14+/m1/s1. The Labute approximate surface area is 141 Å². The molecule has 11 heteroatoms. The van der Waals surface area contributed by atoms with Gasteiger partial charge < -0.3 is 24.4 Å². The number of esters is 1. The predicted octanol–water partition coefficient (Wildman–Crippen LogP) is -0.372. The molecule has 2 aliphatic heterocycles. The Kier molecular flexibility index (Phi) is 4.56. The lowest BCUT2D eigenvalue weighted by Gasteiger charge is -2.36. The van der Waals surface area contributed by atoms with Crippen LogP contribution in [-0.4, -0.2) is 64.6 Å². The van der Waals surface area contributed by atoms with Crippen LogP contribution >= 0.6 is 0 Å². The molecule has 0 unspecified atom stereocenters. The zero-order chi connectivity index (χ0) is 18.2. The van der Waals surface area contributed by atoms with E-state index >= 15 is 0 Å². The molecule has 3 rings (SSSR count). The number of aliphatic hydroxyl groups is 1. The second-order valence-corrected chi connectivity index (χ2v) is 6.56. The van der Waals surface area contributed by atoms with Crippen LogP contribution in [0.2, 0.25) is 0 Å². The first-order valence-corrected chi connectivity index (χ1v) is 8.02. The van der Waals surface area contributed by atoms with Crippen molar-refractivity contribution in [2.24, 2.45) is 5.41 Å². The predicted molar refractivity (Wildman–Crippen MR) is 75.5 cm³/mol. The van der Waals surface area contributed by atoms with Crippen molar-refractivity contribution in [3.05, 3.63) is 10.1 Å². The van der Waals surface area contributed by atoms with Crippen LogP contribution in [0.1, 0.15) is 32.1 Å². The second-order valence-electron chi connectivity index (χ2n) is 6.56. The highest BCUT2D eigenvalue weighted by molar-refractivity contribution is 5.99. The van der Waals surface area contributed by atoms with Crippen LogP contribution in [0.3, 0.4) is 0 Å². The second kappa shape index (κ2) is 6.39. The van der Waals surface area contributed by atoms with Crippen molar-refractivity contribution >= 4 is 11.9 Å². The van der Waals surface area contributed by atoms with E-state index in [1.807, 2.05) is 0 Å². The Morgan fingerprint density at radius 1 is 1.20 bits per heavy atom. The summed E-state index contributed by atoms with van der Waals surface area (Å²) in [6.07, 6.45) is -1.22. The maximum atomic E-state index is 12.7. The summed E-state index contributed by atoms with van der Waals surface area (Å²) in [6, 6.07) is 0. The molecule has 2 N–H and O–H groups in total. The number of nitrogens with zero attached hydrogens (tertiary/aromatic N) is 1. The third-order valence-electron chi connectivity index (χ3n) is 5.04. The molecule has 0 radical (unpaired) electrons. The van der Waals surface area contributed by atoms with E-state index in [9.17, 15) is 29.9 Å². The van der Waals surface area contributed by atoms with Crippen LogP contribution < -0.4 is 0 Å². The molecule has 0 amide bonds. The van der Waals surface area contributed by atoms with Gasteiger partial charge in [0.1, 0.15) is 18.8 Å². The van der Waals surface area contributed by atoms with Gasteiger partial charge in [0.25, 0.3) is 5.09 Å². The van der Waals surface area contributed by atoms with E-state index < -0.39 is 53.1 Å². The van der Waals surface area contributed by atoms with Crippen LogP contribution in [0, 0.1) is 15.5 Å². The summed E-state index contributed by atoms with van der Waals surface area (Å²) in [6.45, 7) is -0.707. The molecule has 4 atom stereocenters. The number of aliphatic hydroxyl groups excluding tert-OH is 1. The van der Waals surface area contributed by atoms with Crippen molar-refractivity contribution in [2.75, 3.05) is 13.2 Å². The SMILES string of the molecule is O=C(O)C1(C(=O)O[C@]2(O[N+](=O)[O-])CO[C@@H]3[C@H](O)CO[C@@H]32)CCCCC1. The van der Waals surface area contributed by atoms with Crippen molar-refractivity contribution in [1.29, 1.82) is 0 Å². The van der Waals surface area contributed by atoms with E-state index in [1.165, 1.54) is 0 Å². The lowest BCUT2D eigenvalue weighted by atomic mass is 9.74. The van der Waals surface area contributed by atoms with Crippen LogP contribution in [0.5, 0.6) is 0 Å². The van der Waals surface area contributed by atoms with E-state index in [-0.39, 0.29) is 19.4 Å². The van der Waals surface area contributed by atoms with E-state index in [0.717, 1.165) is 6.42 Å². The Morgan fingerprint density at radius 3 is 2.48 bits per heavy atom. The number of rotatable bonds is 5. The highest BCUT2D eigenvalue weighted by Gasteiger charge is 2.64. The monoisotopic (exact) mass is 361 g/mol.